The van der Waals surface area contributed by atoms with Crippen LogP contribution < -0.4 is 0 Å². The Kier molecular flexibility index (Phi) is 5.79. The van der Waals surface area contributed by atoms with E-state index in [4.69, 9.17) is 27.6 Å². The van der Waals surface area contributed by atoms with Crippen molar-refractivity contribution in [2.24, 2.45) is 0 Å². The molecule has 0 spiro atoms. The summed E-state index contributed by atoms with van der Waals surface area (Å²) in [5.74, 6) is 1.24. The van der Waals surface area contributed by atoms with Crippen LogP contribution in [0.15, 0.2) is 34.7 Å². The highest BCUT2D eigenvalue weighted by molar-refractivity contribution is 7.88. The SMILES string of the molecule is Cc1ccc(CN(C(C)C)S(=O)(=O)Cc2ccc(Cl)c(Cl)c2)o1. The van der Waals surface area contributed by atoms with Crippen LogP contribution in [0.5, 0.6) is 0 Å². The van der Waals surface area contributed by atoms with Crippen LogP contribution in [0.2, 0.25) is 10.0 Å². The fourth-order valence-electron chi connectivity index (χ4n) is 2.25. The van der Waals surface area contributed by atoms with Gasteiger partial charge in [-0.1, -0.05) is 29.3 Å². The van der Waals surface area contributed by atoms with Gasteiger partial charge in [-0.05, 0) is 50.6 Å². The van der Waals surface area contributed by atoms with Gasteiger partial charge in [-0.2, -0.15) is 4.31 Å². The van der Waals surface area contributed by atoms with Crippen LogP contribution in [0.4, 0.5) is 0 Å². The molecule has 0 amide bonds. The van der Waals surface area contributed by atoms with Gasteiger partial charge >= 0.3 is 0 Å². The van der Waals surface area contributed by atoms with Gasteiger partial charge in [-0.3, -0.25) is 0 Å². The Labute approximate surface area is 147 Å². The molecule has 0 atom stereocenters. The summed E-state index contributed by atoms with van der Waals surface area (Å²) < 4.78 is 32.4. The number of hydrogen-bond donors (Lipinski definition) is 0. The number of halogens is 2. The smallest absolute Gasteiger partial charge is 0.218 e. The van der Waals surface area contributed by atoms with E-state index in [1.807, 2.05) is 26.8 Å². The maximum Gasteiger partial charge on any atom is 0.218 e. The summed E-state index contributed by atoms with van der Waals surface area (Å²) in [6.45, 7) is 5.70. The Morgan fingerprint density at radius 1 is 1.13 bits per heavy atom. The van der Waals surface area contributed by atoms with Gasteiger partial charge in [0.1, 0.15) is 11.5 Å². The second-order valence-electron chi connectivity index (χ2n) is 5.66. The van der Waals surface area contributed by atoms with E-state index in [-0.39, 0.29) is 18.3 Å². The van der Waals surface area contributed by atoms with E-state index >= 15 is 0 Å². The predicted molar refractivity (Wildman–Crippen MR) is 93.2 cm³/mol. The van der Waals surface area contributed by atoms with E-state index in [0.29, 0.717) is 21.4 Å². The highest BCUT2D eigenvalue weighted by Crippen LogP contribution is 2.25. The van der Waals surface area contributed by atoms with Crippen LogP contribution in [-0.4, -0.2) is 18.8 Å². The van der Waals surface area contributed by atoms with E-state index in [1.54, 1.807) is 24.3 Å². The number of furan rings is 1. The van der Waals surface area contributed by atoms with Crippen LogP contribution in [0, 0.1) is 6.92 Å². The lowest BCUT2D eigenvalue weighted by atomic mass is 10.2. The first-order valence-electron chi connectivity index (χ1n) is 7.18. The molecule has 0 fully saturated rings. The molecule has 2 aromatic rings. The van der Waals surface area contributed by atoms with E-state index in [1.165, 1.54) is 4.31 Å². The van der Waals surface area contributed by atoms with Crippen molar-refractivity contribution in [3.63, 3.8) is 0 Å². The van der Waals surface area contributed by atoms with Gasteiger partial charge in [-0.15, -0.1) is 0 Å². The molecule has 0 unspecified atom stereocenters. The van der Waals surface area contributed by atoms with Gasteiger partial charge in [0.25, 0.3) is 0 Å². The molecule has 1 heterocycles. The van der Waals surface area contributed by atoms with Crippen molar-refractivity contribution in [3.8, 4) is 0 Å². The van der Waals surface area contributed by atoms with Crippen molar-refractivity contribution in [1.29, 1.82) is 0 Å². The van der Waals surface area contributed by atoms with E-state index in [9.17, 15) is 8.42 Å². The van der Waals surface area contributed by atoms with Crippen LogP contribution in [0.25, 0.3) is 0 Å². The average molecular weight is 376 g/mol. The minimum absolute atomic E-state index is 0.137. The van der Waals surface area contributed by atoms with Gasteiger partial charge in [0, 0.05) is 6.04 Å². The Balaban J connectivity index is 2.24. The number of aryl methyl sites for hydroxylation is 1. The molecule has 126 valence electrons. The lowest BCUT2D eigenvalue weighted by molar-refractivity contribution is 0.314. The maximum atomic E-state index is 12.8. The monoisotopic (exact) mass is 375 g/mol. The number of sulfonamides is 1. The minimum atomic E-state index is -3.52. The van der Waals surface area contributed by atoms with Gasteiger partial charge < -0.3 is 4.42 Å². The van der Waals surface area contributed by atoms with Crippen LogP contribution in [-0.2, 0) is 22.3 Å². The summed E-state index contributed by atoms with van der Waals surface area (Å²) in [7, 11) is -3.52. The summed E-state index contributed by atoms with van der Waals surface area (Å²) in [5, 5.41) is 0.747. The van der Waals surface area contributed by atoms with E-state index < -0.39 is 10.0 Å². The molecule has 0 bridgehead atoms. The summed E-state index contributed by atoms with van der Waals surface area (Å²) in [6, 6.07) is 8.27. The largest absolute Gasteiger partial charge is 0.465 e. The zero-order chi connectivity index (χ0) is 17.2. The van der Waals surface area contributed by atoms with Gasteiger partial charge in [0.15, 0.2) is 0 Å². The highest BCUT2D eigenvalue weighted by Gasteiger charge is 2.26. The molecule has 1 aromatic heterocycles. The first-order valence-corrected chi connectivity index (χ1v) is 9.54. The zero-order valence-corrected chi connectivity index (χ0v) is 15.5. The topological polar surface area (TPSA) is 50.5 Å². The van der Waals surface area contributed by atoms with Crippen molar-refractivity contribution < 1.29 is 12.8 Å². The summed E-state index contributed by atoms with van der Waals surface area (Å²) in [4.78, 5) is 0. The third-order valence-electron chi connectivity index (χ3n) is 3.37. The average Bonchev–Trinajstić information content (AvgIpc) is 2.85. The molecular formula is C16H19Cl2NO3S. The predicted octanol–water partition coefficient (Wildman–Crippen LogP) is 4.64. The fourth-order valence-corrected chi connectivity index (χ4v) is 4.30. The molecule has 4 nitrogen and oxygen atoms in total. The molecule has 0 saturated carbocycles. The van der Waals surface area contributed by atoms with Crippen LogP contribution >= 0.6 is 23.2 Å². The van der Waals surface area contributed by atoms with Crippen molar-refractivity contribution in [2.45, 2.75) is 39.1 Å². The quantitative estimate of drug-likeness (QED) is 0.738. The standard InChI is InChI=1S/C16H19Cl2NO3S/c1-11(2)19(9-14-6-4-12(3)22-14)23(20,21)10-13-5-7-15(17)16(18)8-13/h4-8,11H,9-10H2,1-3H3. The van der Waals surface area contributed by atoms with Gasteiger partial charge in [0.2, 0.25) is 10.0 Å². The zero-order valence-electron chi connectivity index (χ0n) is 13.2. The molecule has 0 saturated heterocycles. The summed E-state index contributed by atoms with van der Waals surface area (Å²) in [5.41, 5.74) is 0.598. The summed E-state index contributed by atoms with van der Waals surface area (Å²) in [6.07, 6.45) is 0. The van der Waals surface area contributed by atoms with Crippen LogP contribution in [0.1, 0.15) is 30.9 Å². The van der Waals surface area contributed by atoms with Crippen molar-refractivity contribution >= 4 is 33.2 Å². The molecule has 0 aliphatic carbocycles. The third kappa shape index (κ3) is 4.73. The Bertz CT molecular complexity index is 784. The highest BCUT2D eigenvalue weighted by atomic mass is 35.5. The van der Waals surface area contributed by atoms with Crippen molar-refractivity contribution in [2.75, 3.05) is 0 Å². The Morgan fingerprint density at radius 3 is 2.35 bits per heavy atom. The molecule has 0 N–H and O–H groups in total. The van der Waals surface area contributed by atoms with Gasteiger partial charge in [-0.25, -0.2) is 8.42 Å². The molecule has 2 rings (SSSR count). The Morgan fingerprint density at radius 2 is 1.83 bits per heavy atom. The minimum Gasteiger partial charge on any atom is -0.465 e. The first kappa shape index (κ1) is 18.3. The summed E-state index contributed by atoms with van der Waals surface area (Å²) >= 11 is 11.8. The third-order valence-corrected chi connectivity index (χ3v) is 6.08. The second kappa shape index (κ2) is 7.26. The molecule has 1 aromatic carbocycles. The number of benzene rings is 1. The molecule has 7 heteroatoms. The van der Waals surface area contributed by atoms with Crippen LogP contribution in [0.3, 0.4) is 0 Å². The Hall–Kier alpha value is -1.01. The number of hydrogen-bond acceptors (Lipinski definition) is 3. The van der Waals surface area contributed by atoms with E-state index in [0.717, 1.165) is 5.76 Å². The van der Waals surface area contributed by atoms with E-state index in [2.05, 4.69) is 0 Å². The second-order valence-corrected chi connectivity index (χ2v) is 8.39. The first-order chi connectivity index (χ1) is 10.7. The normalized spacial score (nSPS) is 12.3. The number of nitrogens with zero attached hydrogens (tertiary/aromatic N) is 1. The van der Waals surface area contributed by atoms with Gasteiger partial charge in [0.05, 0.1) is 22.3 Å². The lowest BCUT2D eigenvalue weighted by Crippen LogP contribution is -2.37. The number of rotatable bonds is 6. The van der Waals surface area contributed by atoms with Crippen molar-refractivity contribution in [1.82, 2.24) is 4.31 Å². The molecule has 0 aliphatic heterocycles. The molecule has 0 aliphatic rings. The fraction of sp³-hybridized carbons (Fsp3) is 0.375. The maximum absolute atomic E-state index is 12.8. The molecular weight excluding hydrogens is 357 g/mol. The molecule has 23 heavy (non-hydrogen) atoms. The molecule has 0 radical (unpaired) electrons. The lowest BCUT2D eigenvalue weighted by Gasteiger charge is -2.25. The van der Waals surface area contributed by atoms with Crippen molar-refractivity contribution in [3.05, 3.63) is 57.5 Å².